The summed E-state index contributed by atoms with van der Waals surface area (Å²) in [5, 5.41) is 2.88. The molecule has 0 saturated carbocycles. The molecular formula is C13H19N3O. The van der Waals surface area contributed by atoms with Gasteiger partial charge in [0.05, 0.1) is 11.4 Å². The normalized spacial score (nSPS) is 19.0. The Balaban J connectivity index is 2.44. The average molecular weight is 233 g/mol. The Hall–Kier alpha value is -1.71. The van der Waals surface area contributed by atoms with Crippen molar-refractivity contribution >= 4 is 17.3 Å². The van der Waals surface area contributed by atoms with E-state index in [-0.39, 0.29) is 5.91 Å². The largest absolute Gasteiger partial charge is 0.397 e. The predicted octanol–water partition coefficient (Wildman–Crippen LogP) is 1.29. The number of aryl methyl sites for hydroxylation is 1. The zero-order chi connectivity index (χ0) is 12.6. The molecular weight excluding hydrogens is 214 g/mol. The molecule has 0 aliphatic carbocycles. The minimum Gasteiger partial charge on any atom is -0.397 e. The zero-order valence-electron chi connectivity index (χ0n) is 10.6. The highest BCUT2D eigenvalue weighted by molar-refractivity contribution is 5.91. The summed E-state index contributed by atoms with van der Waals surface area (Å²) in [6.07, 6.45) is 0. The van der Waals surface area contributed by atoms with Gasteiger partial charge < -0.3 is 16.0 Å². The highest BCUT2D eigenvalue weighted by Crippen LogP contribution is 2.31. The van der Waals surface area contributed by atoms with Crippen LogP contribution in [0, 0.1) is 6.92 Å². The van der Waals surface area contributed by atoms with E-state index in [2.05, 4.69) is 10.2 Å². The van der Waals surface area contributed by atoms with E-state index >= 15 is 0 Å². The van der Waals surface area contributed by atoms with Crippen LogP contribution in [0.25, 0.3) is 0 Å². The van der Waals surface area contributed by atoms with Gasteiger partial charge in [0.2, 0.25) is 5.91 Å². The monoisotopic (exact) mass is 233 g/mol. The second-order valence-electron chi connectivity index (χ2n) is 5.03. The summed E-state index contributed by atoms with van der Waals surface area (Å²) in [6, 6.07) is 5.92. The second-order valence-corrected chi connectivity index (χ2v) is 5.03. The van der Waals surface area contributed by atoms with Gasteiger partial charge in [-0.05, 0) is 38.5 Å². The number of hydrogen-bond acceptors (Lipinski definition) is 3. The number of nitrogens with one attached hydrogen (secondary N) is 1. The summed E-state index contributed by atoms with van der Waals surface area (Å²) in [5.74, 6) is 0.0460. The van der Waals surface area contributed by atoms with Crippen molar-refractivity contribution in [1.82, 2.24) is 5.32 Å². The summed E-state index contributed by atoms with van der Waals surface area (Å²) in [6.45, 7) is 7.31. The Bertz CT molecular complexity index is 454. The van der Waals surface area contributed by atoms with E-state index in [0.717, 1.165) is 23.5 Å². The van der Waals surface area contributed by atoms with Crippen LogP contribution in [0.1, 0.15) is 19.4 Å². The number of anilines is 2. The molecule has 1 heterocycles. The van der Waals surface area contributed by atoms with E-state index in [1.807, 2.05) is 39.0 Å². The molecule has 1 aromatic carbocycles. The molecule has 0 radical (unpaired) electrons. The highest BCUT2D eigenvalue weighted by Gasteiger charge is 2.38. The molecule has 1 saturated heterocycles. The number of piperazine rings is 1. The number of hydrogen-bond donors (Lipinski definition) is 2. The van der Waals surface area contributed by atoms with Crippen molar-refractivity contribution in [3.8, 4) is 0 Å². The number of amides is 1. The maximum Gasteiger partial charge on any atom is 0.245 e. The van der Waals surface area contributed by atoms with Crippen LogP contribution in [-0.4, -0.2) is 24.5 Å². The summed E-state index contributed by atoms with van der Waals surface area (Å²) in [5.41, 5.74) is 8.28. The molecule has 1 amide bonds. The quantitative estimate of drug-likeness (QED) is 0.719. The molecule has 2 rings (SSSR count). The van der Waals surface area contributed by atoms with E-state index < -0.39 is 5.54 Å². The van der Waals surface area contributed by atoms with Crippen LogP contribution >= 0.6 is 0 Å². The smallest absolute Gasteiger partial charge is 0.245 e. The van der Waals surface area contributed by atoms with Crippen LogP contribution in [0.15, 0.2) is 18.2 Å². The molecule has 0 atom stereocenters. The Morgan fingerprint density at radius 3 is 2.82 bits per heavy atom. The lowest BCUT2D eigenvalue weighted by Gasteiger charge is -2.43. The fraction of sp³-hybridized carbons (Fsp3) is 0.462. The molecule has 0 unspecified atom stereocenters. The summed E-state index contributed by atoms with van der Waals surface area (Å²) in [4.78, 5) is 14.0. The zero-order valence-corrected chi connectivity index (χ0v) is 10.6. The molecule has 0 spiro atoms. The maximum absolute atomic E-state index is 11.9. The van der Waals surface area contributed by atoms with Crippen LogP contribution in [0.3, 0.4) is 0 Å². The standard InChI is InChI=1S/C13H19N3O/c1-9-4-5-10(14)11(8-9)16-7-6-15-12(17)13(16,2)3/h4-5,8H,6-7,14H2,1-3H3,(H,15,17). The molecule has 1 fully saturated rings. The van der Waals surface area contributed by atoms with Crippen molar-refractivity contribution in [2.45, 2.75) is 26.3 Å². The topological polar surface area (TPSA) is 58.4 Å². The lowest BCUT2D eigenvalue weighted by Crippen LogP contribution is -2.62. The van der Waals surface area contributed by atoms with Gasteiger partial charge in [0.25, 0.3) is 0 Å². The van der Waals surface area contributed by atoms with Crippen molar-refractivity contribution in [3.63, 3.8) is 0 Å². The van der Waals surface area contributed by atoms with Gasteiger partial charge >= 0.3 is 0 Å². The van der Waals surface area contributed by atoms with Crippen molar-refractivity contribution < 1.29 is 4.79 Å². The molecule has 92 valence electrons. The lowest BCUT2D eigenvalue weighted by atomic mass is 9.97. The molecule has 0 bridgehead atoms. The van der Waals surface area contributed by atoms with Crippen LogP contribution in [-0.2, 0) is 4.79 Å². The van der Waals surface area contributed by atoms with Gasteiger partial charge in [-0.3, -0.25) is 4.79 Å². The molecule has 1 aromatic rings. The highest BCUT2D eigenvalue weighted by atomic mass is 16.2. The van der Waals surface area contributed by atoms with Gasteiger partial charge in [-0.2, -0.15) is 0 Å². The van der Waals surface area contributed by atoms with Crippen LogP contribution in [0.2, 0.25) is 0 Å². The van der Waals surface area contributed by atoms with Crippen molar-refractivity contribution in [2.75, 3.05) is 23.7 Å². The average Bonchev–Trinajstić information content (AvgIpc) is 2.26. The first-order valence-electron chi connectivity index (χ1n) is 5.85. The molecule has 4 nitrogen and oxygen atoms in total. The summed E-state index contributed by atoms with van der Waals surface area (Å²) >= 11 is 0. The molecule has 1 aliphatic heterocycles. The lowest BCUT2D eigenvalue weighted by molar-refractivity contribution is -0.126. The van der Waals surface area contributed by atoms with Crippen LogP contribution in [0.5, 0.6) is 0 Å². The fourth-order valence-electron chi connectivity index (χ4n) is 2.21. The molecule has 3 N–H and O–H groups in total. The van der Waals surface area contributed by atoms with Gasteiger partial charge in [0.1, 0.15) is 5.54 Å². The Labute approximate surface area is 102 Å². The van der Waals surface area contributed by atoms with Gasteiger partial charge in [0, 0.05) is 13.1 Å². The SMILES string of the molecule is Cc1ccc(N)c(N2CCNC(=O)C2(C)C)c1. The maximum atomic E-state index is 11.9. The number of nitrogen functional groups attached to an aromatic ring is 1. The molecule has 4 heteroatoms. The number of nitrogens with two attached hydrogens (primary N) is 1. The number of nitrogens with zero attached hydrogens (tertiary/aromatic N) is 1. The minimum absolute atomic E-state index is 0.0460. The molecule has 1 aliphatic rings. The number of rotatable bonds is 1. The van der Waals surface area contributed by atoms with E-state index in [0.29, 0.717) is 6.54 Å². The first-order valence-corrected chi connectivity index (χ1v) is 5.85. The summed E-state index contributed by atoms with van der Waals surface area (Å²) < 4.78 is 0. The first-order chi connectivity index (χ1) is 7.93. The van der Waals surface area contributed by atoms with Gasteiger partial charge in [-0.25, -0.2) is 0 Å². The Morgan fingerprint density at radius 1 is 1.41 bits per heavy atom. The van der Waals surface area contributed by atoms with Crippen molar-refractivity contribution in [2.24, 2.45) is 0 Å². The van der Waals surface area contributed by atoms with Gasteiger partial charge in [-0.15, -0.1) is 0 Å². The number of benzene rings is 1. The predicted molar refractivity (Wildman–Crippen MR) is 70.0 cm³/mol. The number of carbonyl (C=O) groups excluding carboxylic acids is 1. The second kappa shape index (κ2) is 3.95. The van der Waals surface area contributed by atoms with E-state index in [9.17, 15) is 4.79 Å². The fourth-order valence-corrected chi connectivity index (χ4v) is 2.21. The van der Waals surface area contributed by atoms with E-state index in [4.69, 9.17) is 5.73 Å². The van der Waals surface area contributed by atoms with Crippen molar-refractivity contribution in [3.05, 3.63) is 23.8 Å². The molecule has 17 heavy (non-hydrogen) atoms. The van der Waals surface area contributed by atoms with E-state index in [1.54, 1.807) is 0 Å². The summed E-state index contributed by atoms with van der Waals surface area (Å²) in [7, 11) is 0. The Morgan fingerprint density at radius 2 is 2.12 bits per heavy atom. The number of carbonyl (C=O) groups is 1. The van der Waals surface area contributed by atoms with Crippen molar-refractivity contribution in [1.29, 1.82) is 0 Å². The third-order valence-electron chi connectivity index (χ3n) is 3.33. The van der Waals surface area contributed by atoms with Crippen LogP contribution < -0.4 is 16.0 Å². The van der Waals surface area contributed by atoms with E-state index in [1.165, 1.54) is 0 Å². The first kappa shape index (κ1) is 11.8. The minimum atomic E-state index is -0.555. The Kier molecular flexibility index (Phi) is 2.73. The van der Waals surface area contributed by atoms with Gasteiger partial charge in [-0.1, -0.05) is 6.07 Å². The van der Waals surface area contributed by atoms with Crippen LogP contribution in [0.4, 0.5) is 11.4 Å². The third-order valence-corrected chi connectivity index (χ3v) is 3.33. The molecule has 0 aromatic heterocycles. The van der Waals surface area contributed by atoms with Gasteiger partial charge in [0.15, 0.2) is 0 Å². The third kappa shape index (κ3) is 1.95.